The summed E-state index contributed by atoms with van der Waals surface area (Å²) in [6.07, 6.45) is 0.694. The summed E-state index contributed by atoms with van der Waals surface area (Å²) in [6, 6.07) is 12.5. The molecule has 2 aromatic rings. The summed E-state index contributed by atoms with van der Waals surface area (Å²) in [5.74, 6) is 0.640. The van der Waals surface area contributed by atoms with Crippen LogP contribution in [-0.4, -0.2) is 31.8 Å². The van der Waals surface area contributed by atoms with Gasteiger partial charge in [0.15, 0.2) is 0 Å². The van der Waals surface area contributed by atoms with Gasteiger partial charge in [0.1, 0.15) is 11.5 Å². The van der Waals surface area contributed by atoms with Gasteiger partial charge in [-0.3, -0.25) is 0 Å². The third kappa shape index (κ3) is 4.02. The van der Waals surface area contributed by atoms with Crippen LogP contribution >= 0.6 is 0 Å². The Bertz CT molecular complexity index is 667. The summed E-state index contributed by atoms with van der Waals surface area (Å²) in [7, 11) is 3.24. The van der Waals surface area contributed by atoms with Crippen LogP contribution in [0, 0.1) is 0 Å². The lowest BCUT2D eigenvalue weighted by Gasteiger charge is -2.19. The van der Waals surface area contributed by atoms with E-state index in [4.69, 9.17) is 20.3 Å². The molecule has 2 rings (SSSR count). The quantitative estimate of drug-likeness (QED) is 0.821. The number of ether oxygens (including phenoxy) is 2. The minimum Gasteiger partial charge on any atom is -0.497 e. The molecular formula is C18H21NO4. The Balaban J connectivity index is 2.27. The lowest BCUT2D eigenvalue weighted by molar-refractivity contribution is 0.0697. The molecule has 0 fully saturated rings. The number of carboxylic acids is 1. The van der Waals surface area contributed by atoms with E-state index >= 15 is 0 Å². The maximum atomic E-state index is 10.9. The predicted octanol–water partition coefficient (Wildman–Crippen LogP) is 2.69. The average Bonchev–Trinajstić information content (AvgIpc) is 2.59. The predicted molar refractivity (Wildman–Crippen MR) is 88.4 cm³/mol. The van der Waals surface area contributed by atoms with Crippen LogP contribution in [0.4, 0.5) is 0 Å². The third-order valence-electron chi connectivity index (χ3n) is 3.84. The van der Waals surface area contributed by atoms with E-state index in [0.717, 1.165) is 22.6 Å². The van der Waals surface area contributed by atoms with Crippen LogP contribution in [0.2, 0.25) is 0 Å². The van der Waals surface area contributed by atoms with E-state index in [0.29, 0.717) is 13.0 Å². The zero-order chi connectivity index (χ0) is 16.8. The number of methoxy groups -OCH3 is 2. The summed E-state index contributed by atoms with van der Waals surface area (Å²) < 4.78 is 10.7. The molecule has 0 bridgehead atoms. The first-order chi connectivity index (χ1) is 11.1. The Hall–Kier alpha value is -2.53. The van der Waals surface area contributed by atoms with Gasteiger partial charge in [0.05, 0.1) is 19.8 Å². The fourth-order valence-corrected chi connectivity index (χ4v) is 2.55. The van der Waals surface area contributed by atoms with Crippen molar-refractivity contribution in [2.24, 2.45) is 5.73 Å². The van der Waals surface area contributed by atoms with Crippen LogP contribution in [0.25, 0.3) is 0 Å². The summed E-state index contributed by atoms with van der Waals surface area (Å²) in [5, 5.41) is 8.96. The van der Waals surface area contributed by atoms with Crippen molar-refractivity contribution in [3.8, 4) is 11.5 Å². The van der Waals surface area contributed by atoms with Crippen molar-refractivity contribution in [1.29, 1.82) is 0 Å². The van der Waals surface area contributed by atoms with E-state index in [1.807, 2.05) is 30.3 Å². The van der Waals surface area contributed by atoms with Gasteiger partial charge in [0, 0.05) is 11.5 Å². The highest BCUT2D eigenvalue weighted by atomic mass is 16.5. The number of rotatable bonds is 7. The number of carboxylic acid groups (broad SMARTS) is 1. The van der Waals surface area contributed by atoms with E-state index in [2.05, 4.69) is 0 Å². The van der Waals surface area contributed by atoms with Crippen molar-refractivity contribution in [1.82, 2.24) is 0 Å². The van der Waals surface area contributed by atoms with Gasteiger partial charge in [-0.25, -0.2) is 4.79 Å². The lowest BCUT2D eigenvalue weighted by Crippen LogP contribution is -2.16. The van der Waals surface area contributed by atoms with Gasteiger partial charge in [-0.15, -0.1) is 0 Å². The zero-order valence-corrected chi connectivity index (χ0v) is 13.3. The van der Waals surface area contributed by atoms with Crippen LogP contribution in [-0.2, 0) is 6.42 Å². The highest BCUT2D eigenvalue weighted by Crippen LogP contribution is 2.32. The number of benzene rings is 2. The van der Waals surface area contributed by atoms with Gasteiger partial charge >= 0.3 is 5.97 Å². The van der Waals surface area contributed by atoms with Crippen molar-refractivity contribution >= 4 is 5.97 Å². The minimum atomic E-state index is -0.929. The molecule has 5 nitrogen and oxygen atoms in total. The fourth-order valence-electron chi connectivity index (χ4n) is 2.55. The van der Waals surface area contributed by atoms with Crippen LogP contribution in [0.1, 0.15) is 27.4 Å². The molecule has 2 aromatic carbocycles. The highest BCUT2D eigenvalue weighted by Gasteiger charge is 2.17. The van der Waals surface area contributed by atoms with Gasteiger partial charge in [-0.1, -0.05) is 12.1 Å². The lowest BCUT2D eigenvalue weighted by atomic mass is 9.91. The first-order valence-electron chi connectivity index (χ1n) is 7.33. The molecule has 0 aromatic heterocycles. The average molecular weight is 315 g/mol. The minimum absolute atomic E-state index is 0.0516. The van der Waals surface area contributed by atoms with Crippen LogP contribution in [0.15, 0.2) is 42.5 Å². The smallest absolute Gasteiger partial charge is 0.335 e. The molecular weight excluding hydrogens is 294 g/mol. The number of hydrogen-bond acceptors (Lipinski definition) is 4. The molecule has 0 aliphatic carbocycles. The summed E-state index contributed by atoms with van der Waals surface area (Å²) in [6.45, 7) is 0.449. The molecule has 0 saturated carbocycles. The van der Waals surface area contributed by atoms with E-state index < -0.39 is 5.97 Å². The second-order valence-corrected chi connectivity index (χ2v) is 5.25. The maximum absolute atomic E-state index is 10.9. The van der Waals surface area contributed by atoms with Crippen molar-refractivity contribution in [3.05, 3.63) is 59.2 Å². The first kappa shape index (κ1) is 16.8. The van der Waals surface area contributed by atoms with E-state index in [1.54, 1.807) is 26.4 Å². The highest BCUT2D eigenvalue weighted by molar-refractivity contribution is 5.87. The molecule has 0 heterocycles. The standard InChI is InChI=1S/C18H21NO4/c1-22-15-7-8-17(23-2)16(10-15)14(11-19)9-12-3-5-13(6-4-12)18(20)21/h3-8,10,14H,9,11,19H2,1-2H3,(H,20,21). The Kier molecular flexibility index (Phi) is 5.60. The molecule has 3 N–H and O–H groups in total. The molecule has 1 atom stereocenters. The number of hydrogen-bond donors (Lipinski definition) is 2. The van der Waals surface area contributed by atoms with Crippen LogP contribution in [0.3, 0.4) is 0 Å². The van der Waals surface area contributed by atoms with Gasteiger partial charge < -0.3 is 20.3 Å². The monoisotopic (exact) mass is 315 g/mol. The number of nitrogens with two attached hydrogens (primary N) is 1. The second-order valence-electron chi connectivity index (χ2n) is 5.25. The number of aromatic carboxylic acids is 1. The van der Waals surface area contributed by atoms with Crippen molar-refractivity contribution in [2.45, 2.75) is 12.3 Å². The Labute approximate surface area is 135 Å². The SMILES string of the molecule is COc1ccc(OC)c(C(CN)Cc2ccc(C(=O)O)cc2)c1. The Morgan fingerprint density at radius 1 is 1.13 bits per heavy atom. The Morgan fingerprint density at radius 2 is 1.83 bits per heavy atom. The van der Waals surface area contributed by atoms with Crippen molar-refractivity contribution in [2.75, 3.05) is 20.8 Å². The molecule has 0 radical (unpaired) electrons. The third-order valence-corrected chi connectivity index (χ3v) is 3.84. The number of carbonyl (C=O) groups is 1. The van der Waals surface area contributed by atoms with Gasteiger partial charge in [0.2, 0.25) is 0 Å². The molecule has 23 heavy (non-hydrogen) atoms. The summed E-state index contributed by atoms with van der Waals surface area (Å²) >= 11 is 0. The molecule has 0 saturated heterocycles. The van der Waals surface area contributed by atoms with Gasteiger partial charge in [0.25, 0.3) is 0 Å². The molecule has 0 spiro atoms. The van der Waals surface area contributed by atoms with Crippen LogP contribution < -0.4 is 15.2 Å². The molecule has 1 unspecified atom stereocenters. The molecule has 0 amide bonds. The Morgan fingerprint density at radius 3 is 2.35 bits per heavy atom. The van der Waals surface area contributed by atoms with Gasteiger partial charge in [-0.2, -0.15) is 0 Å². The molecule has 0 aliphatic rings. The summed E-state index contributed by atoms with van der Waals surface area (Å²) in [4.78, 5) is 10.9. The second kappa shape index (κ2) is 7.65. The fraction of sp³-hybridized carbons (Fsp3) is 0.278. The largest absolute Gasteiger partial charge is 0.497 e. The van der Waals surface area contributed by atoms with E-state index in [9.17, 15) is 4.79 Å². The molecule has 0 aliphatic heterocycles. The van der Waals surface area contributed by atoms with E-state index in [-0.39, 0.29) is 11.5 Å². The van der Waals surface area contributed by atoms with E-state index in [1.165, 1.54) is 0 Å². The van der Waals surface area contributed by atoms with Gasteiger partial charge in [-0.05, 0) is 48.9 Å². The maximum Gasteiger partial charge on any atom is 0.335 e. The van der Waals surface area contributed by atoms with Crippen molar-refractivity contribution in [3.63, 3.8) is 0 Å². The topological polar surface area (TPSA) is 81.8 Å². The van der Waals surface area contributed by atoms with Crippen molar-refractivity contribution < 1.29 is 19.4 Å². The first-order valence-corrected chi connectivity index (χ1v) is 7.33. The molecule has 122 valence electrons. The summed E-state index contributed by atoms with van der Waals surface area (Å²) in [5.41, 5.74) is 8.24. The molecule has 5 heteroatoms. The zero-order valence-electron chi connectivity index (χ0n) is 13.3. The normalized spacial score (nSPS) is 11.8. The van der Waals surface area contributed by atoms with Crippen LogP contribution in [0.5, 0.6) is 11.5 Å².